The van der Waals surface area contributed by atoms with Gasteiger partial charge in [-0.2, -0.15) is 0 Å². The Morgan fingerprint density at radius 2 is 1.60 bits per heavy atom. The van der Waals surface area contributed by atoms with Gasteiger partial charge in [-0.25, -0.2) is 0 Å². The SMILES string of the molecule is CC/C=C/[C@H]1CO[C@H](C#Cc2ccc(-c3ccc(Cl)cc3)cc2)OC1. The van der Waals surface area contributed by atoms with Gasteiger partial charge in [-0.15, -0.1) is 0 Å². The van der Waals surface area contributed by atoms with Crippen molar-refractivity contribution in [1.29, 1.82) is 0 Å². The molecule has 0 radical (unpaired) electrons. The van der Waals surface area contributed by atoms with Crippen molar-refractivity contribution < 1.29 is 9.47 Å². The van der Waals surface area contributed by atoms with Gasteiger partial charge in [0.25, 0.3) is 0 Å². The molecule has 0 bridgehead atoms. The van der Waals surface area contributed by atoms with Crippen LogP contribution in [0, 0.1) is 17.8 Å². The van der Waals surface area contributed by atoms with E-state index in [4.69, 9.17) is 21.1 Å². The van der Waals surface area contributed by atoms with E-state index in [2.05, 4.69) is 43.0 Å². The van der Waals surface area contributed by atoms with Gasteiger partial charge in [-0.05, 0) is 47.7 Å². The zero-order valence-corrected chi connectivity index (χ0v) is 15.0. The number of allylic oxidation sites excluding steroid dienone is 1. The quantitative estimate of drug-likeness (QED) is 0.550. The lowest BCUT2D eigenvalue weighted by molar-refractivity contribution is -0.160. The summed E-state index contributed by atoms with van der Waals surface area (Å²) in [7, 11) is 0. The van der Waals surface area contributed by atoms with E-state index in [1.165, 1.54) is 0 Å². The van der Waals surface area contributed by atoms with Gasteiger partial charge in [0.1, 0.15) is 0 Å². The highest BCUT2D eigenvalue weighted by molar-refractivity contribution is 6.30. The molecule has 2 nitrogen and oxygen atoms in total. The number of hydrogen-bond donors (Lipinski definition) is 0. The first kappa shape index (κ1) is 17.8. The number of halogens is 1. The smallest absolute Gasteiger partial charge is 0.222 e. The third-order valence-electron chi connectivity index (χ3n) is 3.96. The van der Waals surface area contributed by atoms with Crippen molar-refractivity contribution in [2.75, 3.05) is 13.2 Å². The fourth-order valence-electron chi connectivity index (χ4n) is 2.57. The molecule has 0 amide bonds. The van der Waals surface area contributed by atoms with E-state index in [1.54, 1.807) is 0 Å². The zero-order valence-electron chi connectivity index (χ0n) is 14.2. The largest absolute Gasteiger partial charge is 0.341 e. The Morgan fingerprint density at radius 3 is 2.20 bits per heavy atom. The molecule has 1 saturated heterocycles. The molecule has 0 aliphatic carbocycles. The summed E-state index contributed by atoms with van der Waals surface area (Å²) in [4.78, 5) is 0. The Balaban J connectivity index is 1.58. The Labute approximate surface area is 154 Å². The van der Waals surface area contributed by atoms with Crippen molar-refractivity contribution in [2.24, 2.45) is 5.92 Å². The molecule has 0 aromatic heterocycles. The van der Waals surface area contributed by atoms with Crippen LogP contribution in [0.5, 0.6) is 0 Å². The summed E-state index contributed by atoms with van der Waals surface area (Å²) in [5, 5.41) is 0.742. The van der Waals surface area contributed by atoms with Gasteiger partial charge in [-0.3, -0.25) is 0 Å². The molecule has 0 saturated carbocycles. The normalized spacial score (nSPS) is 20.2. The summed E-state index contributed by atoms with van der Waals surface area (Å²) >= 11 is 5.93. The van der Waals surface area contributed by atoms with E-state index < -0.39 is 6.29 Å². The number of benzene rings is 2. The summed E-state index contributed by atoms with van der Waals surface area (Å²) < 4.78 is 11.3. The van der Waals surface area contributed by atoms with Gasteiger partial charge in [-0.1, -0.05) is 60.9 Å². The highest BCUT2D eigenvalue weighted by Crippen LogP contribution is 2.21. The third kappa shape index (κ3) is 5.21. The van der Waals surface area contributed by atoms with E-state index in [0.717, 1.165) is 28.1 Å². The Morgan fingerprint density at radius 1 is 1.00 bits per heavy atom. The van der Waals surface area contributed by atoms with Gasteiger partial charge in [0.2, 0.25) is 6.29 Å². The standard InChI is InChI=1S/C22H21ClO2/c1-2-3-4-18-15-24-22(25-16-18)14-7-17-5-8-19(9-6-17)20-10-12-21(23)13-11-20/h3-6,8-13,18,22H,2,15-16H2,1H3/b4-3+/t18-,22-. The average Bonchev–Trinajstić information content (AvgIpc) is 2.67. The first-order valence-corrected chi connectivity index (χ1v) is 8.90. The molecule has 1 heterocycles. The highest BCUT2D eigenvalue weighted by atomic mass is 35.5. The summed E-state index contributed by atoms with van der Waals surface area (Å²) in [5.74, 6) is 6.50. The predicted molar refractivity (Wildman–Crippen MR) is 102 cm³/mol. The van der Waals surface area contributed by atoms with Crippen LogP contribution in [-0.2, 0) is 9.47 Å². The van der Waals surface area contributed by atoms with Crippen LogP contribution in [-0.4, -0.2) is 19.5 Å². The maximum absolute atomic E-state index is 5.93. The van der Waals surface area contributed by atoms with Crippen LogP contribution in [0.2, 0.25) is 5.02 Å². The molecule has 1 aliphatic heterocycles. The molecule has 128 valence electrons. The van der Waals surface area contributed by atoms with Crippen LogP contribution >= 0.6 is 11.6 Å². The fourth-order valence-corrected chi connectivity index (χ4v) is 2.70. The average molecular weight is 353 g/mol. The van der Waals surface area contributed by atoms with Crippen LogP contribution in [0.3, 0.4) is 0 Å². The second kappa shape index (κ2) is 8.87. The van der Waals surface area contributed by atoms with Crippen molar-refractivity contribution in [1.82, 2.24) is 0 Å². The zero-order chi connectivity index (χ0) is 17.5. The van der Waals surface area contributed by atoms with Crippen LogP contribution in [0.4, 0.5) is 0 Å². The van der Waals surface area contributed by atoms with Crippen molar-refractivity contribution >= 4 is 11.6 Å². The maximum Gasteiger partial charge on any atom is 0.222 e. The van der Waals surface area contributed by atoms with E-state index in [1.807, 2.05) is 36.4 Å². The molecule has 1 fully saturated rings. The summed E-state index contributed by atoms with van der Waals surface area (Å²) in [6.07, 6.45) is 4.89. The molecule has 2 aromatic rings. The van der Waals surface area contributed by atoms with Crippen LogP contribution in [0.15, 0.2) is 60.7 Å². The summed E-state index contributed by atoms with van der Waals surface area (Å²) in [6, 6.07) is 15.9. The van der Waals surface area contributed by atoms with Gasteiger partial charge in [0.05, 0.1) is 13.2 Å². The summed E-state index contributed by atoms with van der Waals surface area (Å²) in [5.41, 5.74) is 3.21. The van der Waals surface area contributed by atoms with Crippen molar-refractivity contribution in [3.63, 3.8) is 0 Å². The minimum Gasteiger partial charge on any atom is -0.341 e. The van der Waals surface area contributed by atoms with Crippen molar-refractivity contribution in [3.8, 4) is 23.0 Å². The lowest BCUT2D eigenvalue weighted by atomic mass is 10.0. The summed E-state index contributed by atoms with van der Waals surface area (Å²) in [6.45, 7) is 3.43. The van der Waals surface area contributed by atoms with Gasteiger partial charge >= 0.3 is 0 Å². The Kier molecular flexibility index (Phi) is 6.30. The van der Waals surface area contributed by atoms with Crippen molar-refractivity contribution in [3.05, 3.63) is 71.3 Å². The van der Waals surface area contributed by atoms with Gasteiger partial charge in [0.15, 0.2) is 0 Å². The predicted octanol–water partition coefficient (Wildman–Crippen LogP) is 5.31. The lowest BCUT2D eigenvalue weighted by Gasteiger charge is -2.24. The molecule has 0 atom stereocenters. The number of rotatable bonds is 3. The molecule has 3 heteroatoms. The van der Waals surface area contributed by atoms with Crippen molar-refractivity contribution in [2.45, 2.75) is 19.6 Å². The molecule has 0 unspecified atom stereocenters. The Bertz CT molecular complexity index is 758. The van der Waals surface area contributed by atoms with Crippen LogP contribution < -0.4 is 0 Å². The third-order valence-corrected chi connectivity index (χ3v) is 4.22. The van der Waals surface area contributed by atoms with Gasteiger partial charge in [0, 0.05) is 16.5 Å². The fraction of sp³-hybridized carbons (Fsp3) is 0.273. The first-order chi connectivity index (χ1) is 12.2. The molecule has 3 rings (SSSR count). The van der Waals surface area contributed by atoms with Crippen LogP contribution in [0.25, 0.3) is 11.1 Å². The molecule has 1 aliphatic rings. The monoisotopic (exact) mass is 352 g/mol. The molecule has 2 aromatic carbocycles. The van der Waals surface area contributed by atoms with E-state index in [9.17, 15) is 0 Å². The second-order valence-electron chi connectivity index (χ2n) is 5.95. The number of ether oxygens (including phenoxy) is 2. The molecular formula is C22H21ClO2. The lowest BCUT2D eigenvalue weighted by Crippen LogP contribution is -2.30. The van der Waals surface area contributed by atoms with E-state index >= 15 is 0 Å². The Hall–Kier alpha value is -2.05. The second-order valence-corrected chi connectivity index (χ2v) is 6.39. The maximum atomic E-state index is 5.93. The highest BCUT2D eigenvalue weighted by Gasteiger charge is 2.18. The molecule has 25 heavy (non-hydrogen) atoms. The van der Waals surface area contributed by atoms with E-state index in [-0.39, 0.29) is 0 Å². The molecular weight excluding hydrogens is 332 g/mol. The minimum absolute atomic E-state index is 0.330. The van der Waals surface area contributed by atoms with Crippen LogP contribution in [0.1, 0.15) is 18.9 Å². The molecule has 0 N–H and O–H groups in total. The van der Waals surface area contributed by atoms with E-state index in [0.29, 0.717) is 19.1 Å². The number of hydrogen-bond acceptors (Lipinski definition) is 2. The van der Waals surface area contributed by atoms with Gasteiger partial charge < -0.3 is 9.47 Å². The minimum atomic E-state index is -0.442. The first-order valence-electron chi connectivity index (χ1n) is 8.52. The molecule has 0 spiro atoms. The topological polar surface area (TPSA) is 18.5 Å².